The van der Waals surface area contributed by atoms with Crippen molar-refractivity contribution in [2.45, 2.75) is 0 Å². The third-order valence-electron chi connectivity index (χ3n) is 1.93. The van der Waals surface area contributed by atoms with Crippen molar-refractivity contribution in [2.24, 2.45) is 0 Å². The molecule has 2 rings (SSSR count). The lowest BCUT2D eigenvalue weighted by atomic mass is 10.3. The van der Waals surface area contributed by atoms with Gasteiger partial charge in [-0.3, -0.25) is 4.79 Å². The highest BCUT2D eigenvalue weighted by Crippen LogP contribution is 2.10. The van der Waals surface area contributed by atoms with Gasteiger partial charge in [-0.15, -0.1) is 0 Å². The van der Waals surface area contributed by atoms with Gasteiger partial charge in [-0.1, -0.05) is 0 Å². The van der Waals surface area contributed by atoms with Crippen LogP contribution in [0.4, 0.5) is 0 Å². The number of nitrogens with zero attached hydrogens (tertiary/aromatic N) is 2. The molecule has 14 heavy (non-hydrogen) atoms. The first-order valence-electron chi connectivity index (χ1n) is 4.28. The number of hydrogen-bond donors (Lipinski definition) is 2. The van der Waals surface area contributed by atoms with Gasteiger partial charge in [0.05, 0.1) is 12.2 Å². The molecule has 2 aromatic rings. The molecule has 2 N–H and O–H groups in total. The smallest absolute Gasteiger partial charge is 0.192 e. The Hall–Kier alpha value is -1.75. The minimum Gasteiger partial charge on any atom is -0.337 e. The lowest BCUT2D eigenvalue weighted by molar-refractivity contribution is 0.0989. The number of aromatic amines is 1. The molecule has 0 saturated carbocycles. The number of aromatic nitrogens is 3. The van der Waals surface area contributed by atoms with E-state index in [1.54, 1.807) is 19.3 Å². The van der Waals surface area contributed by atoms with Crippen LogP contribution in [0.3, 0.4) is 0 Å². The highest BCUT2D eigenvalue weighted by molar-refractivity contribution is 5.99. The van der Waals surface area contributed by atoms with Crippen molar-refractivity contribution in [3.63, 3.8) is 0 Å². The van der Waals surface area contributed by atoms with Crippen molar-refractivity contribution in [1.29, 1.82) is 0 Å². The summed E-state index contributed by atoms with van der Waals surface area (Å²) in [6.45, 7) is 0.320. The maximum atomic E-state index is 11.5. The molecule has 72 valence electrons. The second-order valence-electron chi connectivity index (χ2n) is 2.96. The molecule has 5 nitrogen and oxygen atoms in total. The molecule has 0 bridgehead atoms. The highest BCUT2D eigenvalue weighted by Gasteiger charge is 2.08. The molecule has 5 heteroatoms. The van der Waals surface area contributed by atoms with E-state index in [0.717, 1.165) is 5.39 Å². The number of ketones is 1. The van der Waals surface area contributed by atoms with E-state index >= 15 is 0 Å². The van der Waals surface area contributed by atoms with E-state index in [0.29, 0.717) is 17.9 Å². The number of rotatable bonds is 3. The van der Waals surface area contributed by atoms with Crippen LogP contribution in [-0.4, -0.2) is 34.3 Å². The van der Waals surface area contributed by atoms with E-state index in [1.807, 2.05) is 0 Å². The van der Waals surface area contributed by atoms with Crippen molar-refractivity contribution in [2.75, 3.05) is 13.6 Å². The third-order valence-corrected chi connectivity index (χ3v) is 1.93. The van der Waals surface area contributed by atoms with Crippen LogP contribution >= 0.6 is 0 Å². The molecule has 0 aromatic carbocycles. The predicted molar refractivity (Wildman–Crippen MR) is 52.1 cm³/mol. The summed E-state index contributed by atoms with van der Waals surface area (Å²) >= 11 is 0. The van der Waals surface area contributed by atoms with Crippen LogP contribution < -0.4 is 5.32 Å². The summed E-state index contributed by atoms with van der Waals surface area (Å²) < 4.78 is 0. The van der Waals surface area contributed by atoms with Crippen LogP contribution in [0.2, 0.25) is 0 Å². The summed E-state index contributed by atoms with van der Waals surface area (Å²) in [7, 11) is 1.74. The average Bonchev–Trinajstić information content (AvgIpc) is 2.61. The lowest BCUT2D eigenvalue weighted by Crippen LogP contribution is -2.18. The van der Waals surface area contributed by atoms with Gasteiger partial charge in [0.25, 0.3) is 0 Å². The Morgan fingerprint density at radius 3 is 3.21 bits per heavy atom. The zero-order valence-electron chi connectivity index (χ0n) is 7.74. The highest BCUT2D eigenvalue weighted by atomic mass is 16.1. The maximum Gasteiger partial charge on any atom is 0.192 e. The summed E-state index contributed by atoms with van der Waals surface area (Å²) in [6.07, 6.45) is 3.13. The minimum atomic E-state index is 0.0190. The Kier molecular flexibility index (Phi) is 2.24. The molecule has 0 aliphatic heterocycles. The predicted octanol–water partition coefficient (Wildman–Crippen LogP) is 0.360. The normalized spacial score (nSPS) is 10.6. The fourth-order valence-corrected chi connectivity index (χ4v) is 1.28. The van der Waals surface area contributed by atoms with Gasteiger partial charge in [-0.25, -0.2) is 9.97 Å². The first kappa shape index (κ1) is 8.83. The summed E-state index contributed by atoms with van der Waals surface area (Å²) in [6, 6.07) is 1.76. The molecule has 0 spiro atoms. The van der Waals surface area contributed by atoms with Crippen molar-refractivity contribution in [3.8, 4) is 0 Å². The average molecular weight is 190 g/mol. The fourth-order valence-electron chi connectivity index (χ4n) is 1.28. The second-order valence-corrected chi connectivity index (χ2v) is 2.96. The SMILES string of the molecule is CNCC(=O)c1cc2cncnc2[nH]1. The standard InChI is InChI=1S/C9H10N4O/c1-10-4-8(14)7-2-6-3-11-5-12-9(6)13-7/h2-3,5,10H,4H2,1H3,(H,11,12,13). The molecule has 0 radical (unpaired) electrons. The quantitative estimate of drug-likeness (QED) is 0.685. The van der Waals surface area contributed by atoms with Crippen molar-refractivity contribution in [3.05, 3.63) is 24.3 Å². The monoisotopic (exact) mass is 190 g/mol. The summed E-state index contributed by atoms with van der Waals surface area (Å²) in [5.74, 6) is 0.0190. The second kappa shape index (κ2) is 3.55. The number of H-pyrrole nitrogens is 1. The van der Waals surface area contributed by atoms with Gasteiger partial charge >= 0.3 is 0 Å². The molecule has 0 saturated heterocycles. The molecule has 0 unspecified atom stereocenters. The van der Waals surface area contributed by atoms with E-state index in [-0.39, 0.29) is 5.78 Å². The molecular formula is C9H10N4O. The number of carbonyl (C=O) groups excluding carboxylic acids is 1. The van der Waals surface area contributed by atoms with Gasteiger partial charge in [0, 0.05) is 11.6 Å². The topological polar surface area (TPSA) is 70.7 Å². The molecule has 0 aliphatic carbocycles. The van der Waals surface area contributed by atoms with Crippen LogP contribution in [-0.2, 0) is 0 Å². The Morgan fingerprint density at radius 1 is 1.64 bits per heavy atom. The Labute approximate surface area is 80.6 Å². The summed E-state index contributed by atoms with van der Waals surface area (Å²) in [4.78, 5) is 22.3. The van der Waals surface area contributed by atoms with Gasteiger partial charge < -0.3 is 10.3 Å². The first-order valence-corrected chi connectivity index (χ1v) is 4.28. The minimum absolute atomic E-state index is 0.0190. The Bertz CT molecular complexity index is 430. The number of fused-ring (bicyclic) bond motifs is 1. The maximum absolute atomic E-state index is 11.5. The van der Waals surface area contributed by atoms with Gasteiger partial charge in [-0.2, -0.15) is 0 Å². The van der Waals surface area contributed by atoms with E-state index < -0.39 is 0 Å². The van der Waals surface area contributed by atoms with Gasteiger partial charge in [0.2, 0.25) is 0 Å². The van der Waals surface area contributed by atoms with Gasteiger partial charge in [0.15, 0.2) is 5.78 Å². The van der Waals surface area contributed by atoms with Crippen LogP contribution in [0.5, 0.6) is 0 Å². The number of likely N-dealkylation sites (N-methyl/N-ethyl adjacent to an activating group) is 1. The molecule has 0 aliphatic rings. The van der Waals surface area contributed by atoms with Gasteiger partial charge in [-0.05, 0) is 13.1 Å². The molecule has 0 amide bonds. The van der Waals surface area contributed by atoms with E-state index in [2.05, 4.69) is 20.3 Å². The lowest BCUT2D eigenvalue weighted by Gasteiger charge is -1.93. The zero-order chi connectivity index (χ0) is 9.97. The number of nitrogens with one attached hydrogen (secondary N) is 2. The molecule has 2 heterocycles. The van der Waals surface area contributed by atoms with Crippen LogP contribution in [0.1, 0.15) is 10.5 Å². The third kappa shape index (κ3) is 1.49. The van der Waals surface area contributed by atoms with E-state index in [1.165, 1.54) is 6.33 Å². The van der Waals surface area contributed by atoms with Crippen molar-refractivity contribution in [1.82, 2.24) is 20.3 Å². The number of hydrogen-bond acceptors (Lipinski definition) is 4. The summed E-state index contributed by atoms with van der Waals surface area (Å²) in [5, 5.41) is 3.66. The van der Waals surface area contributed by atoms with E-state index in [4.69, 9.17) is 0 Å². The van der Waals surface area contributed by atoms with Crippen molar-refractivity contribution < 1.29 is 4.79 Å². The molecule has 2 aromatic heterocycles. The van der Waals surface area contributed by atoms with E-state index in [9.17, 15) is 4.79 Å². The number of Topliss-reactive ketones (excluding diaryl/α,β-unsaturated/α-hetero) is 1. The first-order chi connectivity index (χ1) is 6.81. The summed E-state index contributed by atoms with van der Waals surface area (Å²) in [5.41, 5.74) is 1.26. The Balaban J connectivity index is 2.40. The largest absolute Gasteiger partial charge is 0.337 e. The molecular weight excluding hydrogens is 180 g/mol. The number of carbonyl (C=O) groups is 1. The fraction of sp³-hybridized carbons (Fsp3) is 0.222. The van der Waals surface area contributed by atoms with Crippen molar-refractivity contribution >= 4 is 16.8 Å². The Morgan fingerprint density at radius 2 is 2.50 bits per heavy atom. The molecule has 0 fully saturated rings. The van der Waals surface area contributed by atoms with Crippen LogP contribution in [0, 0.1) is 0 Å². The zero-order valence-corrected chi connectivity index (χ0v) is 7.74. The molecule has 0 atom stereocenters. The van der Waals surface area contributed by atoms with Crippen LogP contribution in [0.25, 0.3) is 11.0 Å². The van der Waals surface area contributed by atoms with Gasteiger partial charge in [0.1, 0.15) is 12.0 Å². The van der Waals surface area contributed by atoms with Crippen LogP contribution in [0.15, 0.2) is 18.6 Å².